The number of benzene rings is 2. The lowest BCUT2D eigenvalue weighted by Gasteiger charge is -2.23. The Balaban J connectivity index is 1.94. The summed E-state index contributed by atoms with van der Waals surface area (Å²) in [5.74, 6) is -0.0676. The number of carbonyl (C=O) groups excluding carboxylic acids is 2. The van der Waals surface area contributed by atoms with E-state index in [0.29, 0.717) is 28.6 Å². The van der Waals surface area contributed by atoms with Gasteiger partial charge >= 0.3 is 5.91 Å². The van der Waals surface area contributed by atoms with Gasteiger partial charge in [0, 0.05) is 11.6 Å². The normalized spacial score (nSPS) is 17.3. The Kier molecular flexibility index (Phi) is 5.78. The number of aliphatic hydroxyl groups excluding tert-OH is 1. The molecule has 1 aromatic heterocycles. The largest absolute Gasteiger partial charge is 0.507 e. The number of methoxy groups -OCH3 is 3. The van der Waals surface area contributed by atoms with Crippen LogP contribution in [0.25, 0.3) is 5.76 Å². The molecule has 0 unspecified atom stereocenters. The van der Waals surface area contributed by atoms with Crippen LogP contribution in [0.2, 0.25) is 0 Å². The molecule has 170 valence electrons. The second-order valence-corrected chi connectivity index (χ2v) is 7.31. The van der Waals surface area contributed by atoms with E-state index in [1.54, 1.807) is 49.4 Å². The van der Waals surface area contributed by atoms with Gasteiger partial charge in [-0.15, -0.1) is 0 Å². The van der Waals surface area contributed by atoms with Crippen LogP contribution in [0.1, 0.15) is 22.9 Å². The zero-order valence-corrected chi connectivity index (χ0v) is 18.5. The van der Waals surface area contributed by atoms with E-state index in [1.807, 2.05) is 0 Å². The maximum atomic E-state index is 13.2. The molecule has 0 saturated carbocycles. The molecule has 2 aromatic carbocycles. The third kappa shape index (κ3) is 3.78. The van der Waals surface area contributed by atoms with Crippen molar-refractivity contribution in [2.24, 2.45) is 0 Å². The van der Waals surface area contributed by atoms with Crippen molar-refractivity contribution in [3.63, 3.8) is 0 Å². The summed E-state index contributed by atoms with van der Waals surface area (Å²) in [6, 6.07) is 12.2. The summed E-state index contributed by atoms with van der Waals surface area (Å²) in [6.07, 6.45) is 0. The first kappa shape index (κ1) is 21.9. The molecular formula is C24H22N2O7. The van der Waals surface area contributed by atoms with Crippen molar-refractivity contribution in [3.8, 4) is 17.2 Å². The quantitative estimate of drug-likeness (QED) is 0.344. The van der Waals surface area contributed by atoms with Gasteiger partial charge in [0.05, 0.1) is 32.9 Å². The number of ether oxygens (including phenoxy) is 3. The second kappa shape index (κ2) is 8.70. The number of aryl methyl sites for hydroxylation is 1. The highest BCUT2D eigenvalue weighted by atomic mass is 16.5. The molecule has 0 aliphatic carbocycles. The zero-order valence-electron chi connectivity index (χ0n) is 18.5. The first-order chi connectivity index (χ1) is 15.9. The Hall–Kier alpha value is -4.27. The number of amides is 1. The van der Waals surface area contributed by atoms with Crippen molar-refractivity contribution >= 4 is 23.3 Å². The molecule has 1 atom stereocenters. The van der Waals surface area contributed by atoms with Crippen LogP contribution in [-0.2, 0) is 9.59 Å². The SMILES string of the molecule is COc1cccc([C@H]2C(=C(O)c3ccc(OC)c(OC)c3)C(=O)C(=O)N2c2cc(C)on2)c1. The summed E-state index contributed by atoms with van der Waals surface area (Å²) in [4.78, 5) is 27.5. The average molecular weight is 450 g/mol. The van der Waals surface area contributed by atoms with E-state index in [0.717, 1.165) is 0 Å². The molecule has 1 aliphatic heterocycles. The van der Waals surface area contributed by atoms with Gasteiger partial charge in [0.15, 0.2) is 17.3 Å². The van der Waals surface area contributed by atoms with Crippen LogP contribution in [0.3, 0.4) is 0 Å². The molecule has 1 fully saturated rings. The number of anilines is 1. The van der Waals surface area contributed by atoms with Crippen molar-refractivity contribution in [2.45, 2.75) is 13.0 Å². The molecule has 1 N–H and O–H groups in total. The number of rotatable bonds is 6. The number of Topliss-reactive ketones (excluding diaryl/α,β-unsaturated/α-hetero) is 1. The van der Waals surface area contributed by atoms with Crippen molar-refractivity contribution in [1.82, 2.24) is 5.16 Å². The Morgan fingerprint density at radius 1 is 1.00 bits per heavy atom. The lowest BCUT2D eigenvalue weighted by molar-refractivity contribution is -0.132. The molecule has 0 bridgehead atoms. The number of ketones is 1. The second-order valence-electron chi connectivity index (χ2n) is 7.31. The standard InChI is InChI=1S/C24H22N2O7/c1-13-10-19(25-33-13)26-21(14-6-5-7-16(11-14)30-2)20(23(28)24(26)29)22(27)15-8-9-17(31-3)18(12-15)32-4/h5-12,21,27H,1-4H3/t21-/m0/s1. The van der Waals surface area contributed by atoms with Crippen LogP contribution in [-0.4, -0.2) is 43.3 Å². The van der Waals surface area contributed by atoms with Crippen LogP contribution in [0.15, 0.2) is 58.6 Å². The fourth-order valence-electron chi connectivity index (χ4n) is 3.80. The van der Waals surface area contributed by atoms with E-state index in [1.165, 1.54) is 32.3 Å². The van der Waals surface area contributed by atoms with Crippen LogP contribution in [0, 0.1) is 6.92 Å². The number of aliphatic hydroxyl groups is 1. The average Bonchev–Trinajstić information content (AvgIpc) is 3.38. The Bertz CT molecular complexity index is 1260. The first-order valence-electron chi connectivity index (χ1n) is 10.00. The molecule has 9 heteroatoms. The predicted octanol–water partition coefficient (Wildman–Crippen LogP) is 3.64. The number of carbonyl (C=O) groups is 2. The van der Waals surface area contributed by atoms with E-state index >= 15 is 0 Å². The van der Waals surface area contributed by atoms with Crippen LogP contribution < -0.4 is 19.1 Å². The first-order valence-corrected chi connectivity index (χ1v) is 10.00. The van der Waals surface area contributed by atoms with Gasteiger partial charge in [-0.2, -0.15) is 0 Å². The summed E-state index contributed by atoms with van der Waals surface area (Å²) in [6.45, 7) is 1.68. The maximum absolute atomic E-state index is 13.2. The third-order valence-electron chi connectivity index (χ3n) is 5.37. The summed E-state index contributed by atoms with van der Waals surface area (Å²) in [5.41, 5.74) is 0.743. The predicted molar refractivity (Wildman–Crippen MR) is 119 cm³/mol. The lowest BCUT2D eigenvalue weighted by Crippen LogP contribution is -2.29. The lowest BCUT2D eigenvalue weighted by atomic mass is 9.95. The molecule has 0 spiro atoms. The van der Waals surface area contributed by atoms with Gasteiger partial charge in [-0.25, -0.2) is 0 Å². The number of aromatic nitrogens is 1. The Morgan fingerprint density at radius 2 is 1.76 bits per heavy atom. The van der Waals surface area contributed by atoms with Gasteiger partial charge in [-0.1, -0.05) is 17.3 Å². The summed E-state index contributed by atoms with van der Waals surface area (Å²) in [7, 11) is 4.47. The summed E-state index contributed by atoms with van der Waals surface area (Å²) in [5, 5.41) is 15.2. The highest BCUT2D eigenvalue weighted by Gasteiger charge is 2.48. The highest BCUT2D eigenvalue weighted by molar-refractivity contribution is 6.51. The number of hydrogen-bond donors (Lipinski definition) is 1. The minimum absolute atomic E-state index is 0.0962. The Labute approximate surface area is 189 Å². The Morgan fingerprint density at radius 3 is 2.39 bits per heavy atom. The van der Waals surface area contributed by atoms with Gasteiger partial charge in [0.25, 0.3) is 5.78 Å². The van der Waals surface area contributed by atoms with Crippen LogP contribution in [0.5, 0.6) is 17.2 Å². The van der Waals surface area contributed by atoms with Gasteiger partial charge in [0.2, 0.25) is 0 Å². The smallest absolute Gasteiger partial charge is 0.301 e. The molecule has 2 heterocycles. The molecular weight excluding hydrogens is 428 g/mol. The van der Waals surface area contributed by atoms with Gasteiger partial charge < -0.3 is 23.8 Å². The number of nitrogens with zero attached hydrogens (tertiary/aromatic N) is 2. The molecule has 0 radical (unpaired) electrons. The summed E-state index contributed by atoms with van der Waals surface area (Å²) >= 11 is 0. The molecule has 3 aromatic rings. The fourth-order valence-corrected chi connectivity index (χ4v) is 3.80. The minimum atomic E-state index is -0.960. The van der Waals surface area contributed by atoms with Crippen molar-refractivity contribution in [3.05, 3.63) is 71.0 Å². The molecule has 1 amide bonds. The van der Waals surface area contributed by atoms with E-state index in [2.05, 4.69) is 5.16 Å². The molecule has 1 saturated heterocycles. The fraction of sp³-hybridized carbons (Fsp3) is 0.208. The van der Waals surface area contributed by atoms with Crippen LogP contribution >= 0.6 is 0 Å². The van der Waals surface area contributed by atoms with E-state index in [-0.39, 0.29) is 22.7 Å². The van der Waals surface area contributed by atoms with Crippen molar-refractivity contribution < 1.29 is 33.4 Å². The molecule has 33 heavy (non-hydrogen) atoms. The maximum Gasteiger partial charge on any atom is 0.301 e. The number of hydrogen-bond acceptors (Lipinski definition) is 8. The van der Waals surface area contributed by atoms with E-state index < -0.39 is 17.7 Å². The zero-order chi connectivity index (χ0) is 23.7. The van der Waals surface area contributed by atoms with Gasteiger partial charge in [0.1, 0.15) is 17.3 Å². The minimum Gasteiger partial charge on any atom is -0.507 e. The third-order valence-corrected chi connectivity index (χ3v) is 5.37. The monoisotopic (exact) mass is 450 g/mol. The van der Waals surface area contributed by atoms with E-state index in [9.17, 15) is 14.7 Å². The summed E-state index contributed by atoms with van der Waals surface area (Å²) < 4.78 is 21.0. The van der Waals surface area contributed by atoms with Gasteiger partial charge in [-0.05, 0) is 42.8 Å². The van der Waals surface area contributed by atoms with Gasteiger partial charge in [-0.3, -0.25) is 14.5 Å². The van der Waals surface area contributed by atoms with E-state index in [4.69, 9.17) is 18.7 Å². The highest BCUT2D eigenvalue weighted by Crippen LogP contribution is 2.43. The molecule has 1 aliphatic rings. The van der Waals surface area contributed by atoms with Crippen molar-refractivity contribution in [2.75, 3.05) is 26.2 Å². The van der Waals surface area contributed by atoms with Crippen LogP contribution in [0.4, 0.5) is 5.82 Å². The molecule has 4 rings (SSSR count). The molecule has 9 nitrogen and oxygen atoms in total. The van der Waals surface area contributed by atoms with Crippen molar-refractivity contribution in [1.29, 1.82) is 0 Å². The topological polar surface area (TPSA) is 111 Å².